The van der Waals surface area contributed by atoms with E-state index in [1.807, 2.05) is 65.1 Å². The topological polar surface area (TPSA) is 50.8 Å². The summed E-state index contributed by atoms with van der Waals surface area (Å²) in [5.74, 6) is 0.292. The molecule has 0 bridgehead atoms. The highest BCUT2D eigenvalue weighted by atomic mass is 16.4. The molecule has 2 radical (unpaired) electrons. The summed E-state index contributed by atoms with van der Waals surface area (Å²) < 4.78 is 6.71. The maximum absolute atomic E-state index is 9.43. The SMILES string of the molecule is C.CC.[B]OC(=C(C#N)c1ccccc1)c1nn(C)c(C)c1C. The van der Waals surface area contributed by atoms with Crippen LogP contribution in [0.4, 0.5) is 0 Å². The standard InChI is InChI=1S/C15H14BN3O.C2H6.CH4/c1-10-11(2)19(3)18-14(10)15(20-16)13(9-17)12-7-5-4-6-8-12;1-2;/h4-8H,1-3H3;1-2H3;1H4. The molecule has 0 saturated heterocycles. The molecule has 0 aliphatic carbocycles. The van der Waals surface area contributed by atoms with Gasteiger partial charge in [-0.3, -0.25) is 4.68 Å². The molecular formula is C18H24BN3O. The van der Waals surface area contributed by atoms with Crippen LogP contribution in [0.2, 0.25) is 0 Å². The van der Waals surface area contributed by atoms with E-state index in [0.29, 0.717) is 17.0 Å². The average Bonchev–Trinajstić information content (AvgIpc) is 2.82. The highest BCUT2D eigenvalue weighted by Crippen LogP contribution is 2.28. The Morgan fingerprint density at radius 1 is 1.22 bits per heavy atom. The van der Waals surface area contributed by atoms with Crippen molar-refractivity contribution in [1.82, 2.24) is 9.78 Å². The molecule has 0 aliphatic heterocycles. The molecule has 0 saturated carbocycles. The molecule has 5 heteroatoms. The zero-order valence-corrected chi connectivity index (χ0v) is 13.7. The maximum Gasteiger partial charge on any atom is 0.374 e. The third-order valence-corrected chi connectivity index (χ3v) is 3.37. The van der Waals surface area contributed by atoms with E-state index >= 15 is 0 Å². The molecule has 4 nitrogen and oxygen atoms in total. The minimum Gasteiger partial charge on any atom is -0.565 e. The first-order valence-corrected chi connectivity index (χ1v) is 7.17. The van der Waals surface area contributed by atoms with Gasteiger partial charge in [0.2, 0.25) is 0 Å². The van der Waals surface area contributed by atoms with Crippen LogP contribution in [0, 0.1) is 25.2 Å². The number of nitriles is 1. The van der Waals surface area contributed by atoms with Crippen LogP contribution in [0.15, 0.2) is 30.3 Å². The van der Waals surface area contributed by atoms with Gasteiger partial charge in [-0.1, -0.05) is 51.6 Å². The lowest BCUT2D eigenvalue weighted by atomic mass is 10.0. The number of allylic oxidation sites excluding steroid dienone is 1. The molecule has 0 N–H and O–H groups in total. The van der Waals surface area contributed by atoms with Crippen LogP contribution in [0.25, 0.3) is 11.3 Å². The van der Waals surface area contributed by atoms with E-state index in [0.717, 1.165) is 16.8 Å². The molecule has 1 heterocycles. The average molecular weight is 309 g/mol. The molecule has 120 valence electrons. The van der Waals surface area contributed by atoms with Crippen LogP contribution >= 0.6 is 0 Å². The molecular weight excluding hydrogens is 285 g/mol. The van der Waals surface area contributed by atoms with Gasteiger partial charge in [-0.25, -0.2) is 0 Å². The number of hydrogen-bond acceptors (Lipinski definition) is 3. The van der Waals surface area contributed by atoms with Gasteiger partial charge < -0.3 is 4.65 Å². The monoisotopic (exact) mass is 309 g/mol. The molecule has 0 fully saturated rings. The molecule has 2 rings (SSSR count). The lowest BCUT2D eigenvalue weighted by Crippen LogP contribution is -1.98. The number of nitrogens with zero attached hydrogens (tertiary/aromatic N) is 3. The fraction of sp³-hybridized carbons (Fsp3) is 0.333. The smallest absolute Gasteiger partial charge is 0.374 e. The predicted molar refractivity (Wildman–Crippen MR) is 96.5 cm³/mol. The predicted octanol–water partition coefficient (Wildman–Crippen LogP) is 4.19. The fourth-order valence-corrected chi connectivity index (χ4v) is 2.01. The van der Waals surface area contributed by atoms with Crippen LogP contribution in [0.5, 0.6) is 0 Å². The Hall–Kier alpha value is -2.48. The van der Waals surface area contributed by atoms with Gasteiger partial charge in [0, 0.05) is 18.3 Å². The molecule has 0 unspecified atom stereocenters. The van der Waals surface area contributed by atoms with Gasteiger partial charge in [-0.05, 0) is 19.4 Å². The summed E-state index contributed by atoms with van der Waals surface area (Å²) >= 11 is 0. The van der Waals surface area contributed by atoms with E-state index in [-0.39, 0.29) is 7.43 Å². The Morgan fingerprint density at radius 2 is 1.78 bits per heavy atom. The van der Waals surface area contributed by atoms with Crippen LogP contribution in [0.1, 0.15) is 43.8 Å². The van der Waals surface area contributed by atoms with Crippen molar-refractivity contribution >= 4 is 19.4 Å². The normalized spacial score (nSPS) is 10.4. The number of benzene rings is 1. The summed E-state index contributed by atoms with van der Waals surface area (Å²) in [6.07, 6.45) is 0. The number of aromatic nitrogens is 2. The minimum atomic E-state index is 0. The molecule has 0 amide bonds. The molecule has 1 aromatic heterocycles. The second-order valence-corrected chi connectivity index (χ2v) is 4.48. The van der Waals surface area contributed by atoms with Crippen LogP contribution in [0.3, 0.4) is 0 Å². The zero-order valence-electron chi connectivity index (χ0n) is 13.7. The molecule has 1 aromatic carbocycles. The van der Waals surface area contributed by atoms with Crippen molar-refractivity contribution in [2.45, 2.75) is 35.1 Å². The summed E-state index contributed by atoms with van der Waals surface area (Å²) in [4.78, 5) is 0. The van der Waals surface area contributed by atoms with E-state index in [4.69, 9.17) is 12.7 Å². The third-order valence-electron chi connectivity index (χ3n) is 3.37. The number of rotatable bonds is 3. The Balaban J connectivity index is 0.00000155. The summed E-state index contributed by atoms with van der Waals surface area (Å²) in [6.45, 7) is 7.88. The highest BCUT2D eigenvalue weighted by Gasteiger charge is 2.18. The largest absolute Gasteiger partial charge is 0.565 e. The summed E-state index contributed by atoms with van der Waals surface area (Å²) in [7, 11) is 7.23. The van der Waals surface area contributed by atoms with Gasteiger partial charge in [-0.2, -0.15) is 10.4 Å². The zero-order chi connectivity index (χ0) is 16.7. The second kappa shape index (κ2) is 9.52. The number of aryl methyl sites for hydroxylation is 1. The van der Waals surface area contributed by atoms with Gasteiger partial charge >= 0.3 is 8.05 Å². The Labute approximate surface area is 140 Å². The van der Waals surface area contributed by atoms with Crippen molar-refractivity contribution in [3.63, 3.8) is 0 Å². The maximum atomic E-state index is 9.43. The van der Waals surface area contributed by atoms with Gasteiger partial charge in [0.1, 0.15) is 23.1 Å². The first kappa shape index (κ1) is 20.5. The van der Waals surface area contributed by atoms with Crippen molar-refractivity contribution < 1.29 is 4.65 Å². The van der Waals surface area contributed by atoms with Gasteiger partial charge in [-0.15, -0.1) is 0 Å². The van der Waals surface area contributed by atoms with Gasteiger partial charge in [0.25, 0.3) is 0 Å². The summed E-state index contributed by atoms with van der Waals surface area (Å²) in [6, 6.07) is 11.4. The fourth-order valence-electron chi connectivity index (χ4n) is 2.01. The van der Waals surface area contributed by atoms with Crippen molar-refractivity contribution in [2.24, 2.45) is 7.05 Å². The van der Waals surface area contributed by atoms with E-state index < -0.39 is 0 Å². The van der Waals surface area contributed by atoms with Gasteiger partial charge in [0.05, 0.1) is 0 Å². The number of hydrogen-bond donors (Lipinski definition) is 0. The highest BCUT2D eigenvalue weighted by molar-refractivity contribution is 6.06. The summed E-state index contributed by atoms with van der Waals surface area (Å²) in [5.41, 5.74) is 3.65. The second-order valence-electron chi connectivity index (χ2n) is 4.48. The van der Waals surface area contributed by atoms with Crippen molar-refractivity contribution in [3.05, 3.63) is 52.8 Å². The quantitative estimate of drug-likeness (QED) is 0.485. The molecule has 0 atom stereocenters. The third kappa shape index (κ3) is 4.26. The van der Waals surface area contributed by atoms with E-state index in [9.17, 15) is 5.26 Å². The first-order valence-electron chi connectivity index (χ1n) is 7.17. The summed E-state index contributed by atoms with van der Waals surface area (Å²) in [5, 5.41) is 13.8. The van der Waals surface area contributed by atoms with Crippen molar-refractivity contribution in [3.8, 4) is 6.07 Å². The molecule has 2 aromatic rings. The Bertz CT molecular complexity index is 697. The van der Waals surface area contributed by atoms with E-state index in [1.165, 1.54) is 0 Å². The lowest BCUT2D eigenvalue weighted by molar-refractivity contribution is 0.567. The van der Waals surface area contributed by atoms with Gasteiger partial charge in [0.15, 0.2) is 0 Å². The molecule has 0 aliphatic rings. The molecule has 0 spiro atoms. The van der Waals surface area contributed by atoms with Crippen LogP contribution < -0.4 is 0 Å². The van der Waals surface area contributed by atoms with Crippen LogP contribution in [-0.4, -0.2) is 17.8 Å². The lowest BCUT2D eigenvalue weighted by Gasteiger charge is -2.09. The van der Waals surface area contributed by atoms with Crippen molar-refractivity contribution in [2.75, 3.05) is 0 Å². The Morgan fingerprint density at radius 3 is 2.17 bits per heavy atom. The molecule has 23 heavy (non-hydrogen) atoms. The Kier molecular flexibility index (Phi) is 8.50. The van der Waals surface area contributed by atoms with Crippen molar-refractivity contribution in [1.29, 1.82) is 5.26 Å². The van der Waals surface area contributed by atoms with Crippen LogP contribution in [-0.2, 0) is 11.7 Å². The minimum absolute atomic E-state index is 0. The first-order chi connectivity index (χ1) is 10.6. The van der Waals surface area contributed by atoms with E-state index in [1.54, 1.807) is 4.68 Å². The van der Waals surface area contributed by atoms with E-state index in [2.05, 4.69) is 11.2 Å².